The molecule has 0 fully saturated rings. The highest BCUT2D eigenvalue weighted by molar-refractivity contribution is 6.29. The largest absolute Gasteiger partial charge is 0.504 e. The van der Waals surface area contributed by atoms with E-state index in [9.17, 15) is 9.90 Å². The van der Waals surface area contributed by atoms with E-state index in [0.717, 1.165) is 0 Å². The number of anilines is 1. The van der Waals surface area contributed by atoms with Crippen LogP contribution in [0.3, 0.4) is 0 Å². The summed E-state index contributed by atoms with van der Waals surface area (Å²) in [5.41, 5.74) is 0. The SMILES string of the molecule is CCC(=O)Nc1nc(Cl)ccc1O. The molecule has 70 valence electrons. The minimum atomic E-state index is -0.218. The predicted octanol–water partition coefficient (Wildman–Crippen LogP) is 1.79. The third-order valence-electron chi connectivity index (χ3n) is 1.42. The summed E-state index contributed by atoms with van der Waals surface area (Å²) in [4.78, 5) is 14.7. The fraction of sp³-hybridized carbons (Fsp3) is 0.250. The van der Waals surface area contributed by atoms with E-state index >= 15 is 0 Å². The van der Waals surface area contributed by atoms with Crippen LogP contribution in [0.15, 0.2) is 12.1 Å². The minimum absolute atomic E-state index is 0.0915. The molecule has 1 aromatic rings. The molecule has 0 radical (unpaired) electrons. The standard InChI is InChI=1S/C8H9ClN2O2/c1-2-7(13)11-8-5(12)3-4-6(9)10-8/h3-4,12H,2H2,1H3,(H,10,11,13). The molecule has 0 aliphatic heterocycles. The Labute approximate surface area is 80.6 Å². The van der Waals surface area contributed by atoms with Gasteiger partial charge in [0, 0.05) is 6.42 Å². The number of aromatic hydroxyl groups is 1. The average molecular weight is 201 g/mol. The lowest BCUT2D eigenvalue weighted by molar-refractivity contribution is -0.115. The summed E-state index contributed by atoms with van der Waals surface area (Å²) in [7, 11) is 0. The first-order valence-electron chi connectivity index (χ1n) is 3.79. The van der Waals surface area contributed by atoms with Crippen molar-refractivity contribution < 1.29 is 9.90 Å². The third kappa shape index (κ3) is 2.59. The van der Waals surface area contributed by atoms with Gasteiger partial charge in [0.05, 0.1) is 0 Å². The molecule has 0 aromatic carbocycles. The summed E-state index contributed by atoms with van der Waals surface area (Å²) in [5.74, 6) is -0.212. The van der Waals surface area contributed by atoms with Gasteiger partial charge in [-0.1, -0.05) is 18.5 Å². The zero-order chi connectivity index (χ0) is 9.84. The fourth-order valence-corrected chi connectivity index (χ4v) is 0.888. The van der Waals surface area contributed by atoms with Crippen molar-refractivity contribution in [3.8, 4) is 5.75 Å². The molecule has 2 N–H and O–H groups in total. The maximum absolute atomic E-state index is 10.9. The van der Waals surface area contributed by atoms with E-state index in [1.165, 1.54) is 12.1 Å². The molecule has 5 heteroatoms. The molecule has 0 saturated carbocycles. The number of hydrogen-bond donors (Lipinski definition) is 2. The van der Waals surface area contributed by atoms with Gasteiger partial charge in [0.1, 0.15) is 5.15 Å². The first kappa shape index (κ1) is 9.80. The van der Waals surface area contributed by atoms with Crippen LogP contribution in [-0.4, -0.2) is 16.0 Å². The van der Waals surface area contributed by atoms with E-state index in [1.54, 1.807) is 6.92 Å². The van der Waals surface area contributed by atoms with Gasteiger partial charge in [0.2, 0.25) is 5.91 Å². The second-order valence-electron chi connectivity index (χ2n) is 2.40. The van der Waals surface area contributed by atoms with Crippen LogP contribution < -0.4 is 5.32 Å². The average Bonchev–Trinajstić information content (AvgIpc) is 2.11. The van der Waals surface area contributed by atoms with Gasteiger partial charge in [-0.2, -0.15) is 0 Å². The van der Waals surface area contributed by atoms with Crippen molar-refractivity contribution in [1.82, 2.24) is 4.98 Å². The van der Waals surface area contributed by atoms with Crippen molar-refractivity contribution in [3.63, 3.8) is 0 Å². The summed E-state index contributed by atoms with van der Waals surface area (Å²) in [6.07, 6.45) is 0.327. The Bertz CT molecular complexity index is 328. The maximum atomic E-state index is 10.9. The number of nitrogens with one attached hydrogen (secondary N) is 1. The molecule has 4 nitrogen and oxygen atoms in total. The lowest BCUT2D eigenvalue weighted by atomic mass is 10.4. The minimum Gasteiger partial charge on any atom is -0.504 e. The second-order valence-corrected chi connectivity index (χ2v) is 2.79. The Balaban J connectivity index is 2.87. The van der Waals surface area contributed by atoms with Gasteiger partial charge in [0.25, 0.3) is 0 Å². The van der Waals surface area contributed by atoms with Gasteiger partial charge in [0.15, 0.2) is 11.6 Å². The van der Waals surface area contributed by atoms with Crippen LogP contribution in [0.2, 0.25) is 5.15 Å². The summed E-state index contributed by atoms with van der Waals surface area (Å²) >= 11 is 5.57. The number of nitrogens with zero attached hydrogens (tertiary/aromatic N) is 1. The van der Waals surface area contributed by atoms with Crippen LogP contribution in [0.1, 0.15) is 13.3 Å². The van der Waals surface area contributed by atoms with E-state index in [-0.39, 0.29) is 22.6 Å². The molecule has 1 aromatic heterocycles. The number of aromatic nitrogens is 1. The van der Waals surface area contributed by atoms with Crippen molar-refractivity contribution in [1.29, 1.82) is 0 Å². The number of pyridine rings is 1. The normalized spacial score (nSPS) is 9.69. The van der Waals surface area contributed by atoms with Gasteiger partial charge < -0.3 is 10.4 Å². The Kier molecular flexibility index (Phi) is 3.08. The zero-order valence-electron chi connectivity index (χ0n) is 7.04. The summed E-state index contributed by atoms with van der Waals surface area (Å²) in [5, 5.41) is 11.9. The second kappa shape index (κ2) is 4.09. The molecule has 0 spiro atoms. The highest BCUT2D eigenvalue weighted by Gasteiger charge is 2.06. The highest BCUT2D eigenvalue weighted by atomic mass is 35.5. The van der Waals surface area contributed by atoms with Gasteiger partial charge in [-0.3, -0.25) is 4.79 Å². The molecule has 0 aliphatic carbocycles. The molecular weight excluding hydrogens is 192 g/mol. The van der Waals surface area contributed by atoms with E-state index < -0.39 is 0 Å². The monoisotopic (exact) mass is 200 g/mol. The van der Waals surface area contributed by atoms with E-state index in [4.69, 9.17) is 11.6 Å². The molecule has 0 bridgehead atoms. The first-order chi connectivity index (χ1) is 6.13. The van der Waals surface area contributed by atoms with Crippen molar-refractivity contribution in [2.45, 2.75) is 13.3 Å². The molecule has 0 aliphatic rings. The third-order valence-corrected chi connectivity index (χ3v) is 1.63. The number of carbonyl (C=O) groups excluding carboxylic acids is 1. The summed E-state index contributed by atoms with van der Waals surface area (Å²) in [6.45, 7) is 1.71. The number of halogens is 1. The molecule has 1 rings (SSSR count). The molecular formula is C8H9ClN2O2. The molecule has 0 atom stereocenters. The van der Waals surface area contributed by atoms with E-state index in [2.05, 4.69) is 10.3 Å². The topological polar surface area (TPSA) is 62.2 Å². The van der Waals surface area contributed by atoms with Gasteiger partial charge in [-0.25, -0.2) is 4.98 Å². The predicted molar refractivity (Wildman–Crippen MR) is 49.8 cm³/mol. The molecule has 0 unspecified atom stereocenters. The molecule has 1 amide bonds. The van der Waals surface area contributed by atoms with Crippen LogP contribution in [-0.2, 0) is 4.79 Å². The summed E-state index contributed by atoms with van der Waals surface area (Å²) < 4.78 is 0. The Morgan fingerprint density at radius 2 is 2.38 bits per heavy atom. The first-order valence-corrected chi connectivity index (χ1v) is 4.16. The Morgan fingerprint density at radius 1 is 1.69 bits per heavy atom. The van der Waals surface area contributed by atoms with Gasteiger partial charge >= 0.3 is 0 Å². The van der Waals surface area contributed by atoms with Crippen molar-refractivity contribution in [2.24, 2.45) is 0 Å². The molecule has 1 heterocycles. The van der Waals surface area contributed by atoms with Gasteiger partial charge in [-0.15, -0.1) is 0 Å². The Hall–Kier alpha value is -1.29. The molecule has 13 heavy (non-hydrogen) atoms. The number of amides is 1. The van der Waals surface area contributed by atoms with Gasteiger partial charge in [-0.05, 0) is 12.1 Å². The van der Waals surface area contributed by atoms with Crippen molar-refractivity contribution in [3.05, 3.63) is 17.3 Å². The Morgan fingerprint density at radius 3 is 3.00 bits per heavy atom. The summed E-state index contributed by atoms with van der Waals surface area (Å²) in [6, 6.07) is 2.82. The lowest BCUT2D eigenvalue weighted by Gasteiger charge is -2.04. The highest BCUT2D eigenvalue weighted by Crippen LogP contribution is 2.22. The number of carbonyl (C=O) groups is 1. The van der Waals surface area contributed by atoms with Crippen LogP contribution in [0.4, 0.5) is 5.82 Å². The maximum Gasteiger partial charge on any atom is 0.225 e. The quantitative estimate of drug-likeness (QED) is 0.716. The fourth-order valence-electron chi connectivity index (χ4n) is 0.740. The molecule has 0 saturated heterocycles. The number of hydrogen-bond acceptors (Lipinski definition) is 3. The van der Waals surface area contributed by atoms with Crippen LogP contribution in [0.25, 0.3) is 0 Å². The number of rotatable bonds is 2. The van der Waals surface area contributed by atoms with Crippen molar-refractivity contribution in [2.75, 3.05) is 5.32 Å². The van der Waals surface area contributed by atoms with Crippen molar-refractivity contribution >= 4 is 23.3 Å². The zero-order valence-corrected chi connectivity index (χ0v) is 7.80. The van der Waals surface area contributed by atoms with Crippen LogP contribution in [0.5, 0.6) is 5.75 Å². The van der Waals surface area contributed by atoms with Crippen LogP contribution in [0, 0.1) is 0 Å². The van der Waals surface area contributed by atoms with E-state index in [0.29, 0.717) is 6.42 Å². The lowest BCUT2D eigenvalue weighted by Crippen LogP contribution is -2.10. The van der Waals surface area contributed by atoms with E-state index in [1.807, 2.05) is 0 Å². The van der Waals surface area contributed by atoms with Crippen LogP contribution >= 0.6 is 11.6 Å². The smallest absolute Gasteiger partial charge is 0.225 e.